The first-order chi connectivity index (χ1) is 9.81. The van der Waals surface area contributed by atoms with E-state index in [0.29, 0.717) is 5.56 Å². The molecule has 2 rings (SSSR count). The minimum absolute atomic E-state index is 0.0539. The van der Waals surface area contributed by atoms with E-state index in [1.807, 2.05) is 0 Å². The number of rotatable bonds is 2. The summed E-state index contributed by atoms with van der Waals surface area (Å²) in [5.74, 6) is -2.81. The zero-order valence-corrected chi connectivity index (χ0v) is 12.6. The van der Waals surface area contributed by atoms with Crippen LogP contribution in [0.4, 0.5) is 14.5 Å². The number of benzene rings is 1. The SMILES string of the molecule is Cc1ccc(F)c(C(=O)Nc2c(C)cc(Cl)nc2Cl)c1F. The predicted octanol–water partition coefficient (Wildman–Crippen LogP) is 4.54. The van der Waals surface area contributed by atoms with Gasteiger partial charge >= 0.3 is 0 Å². The first-order valence-electron chi connectivity index (χ1n) is 5.90. The van der Waals surface area contributed by atoms with Gasteiger partial charge in [0, 0.05) is 0 Å². The summed E-state index contributed by atoms with van der Waals surface area (Å²) in [4.78, 5) is 15.9. The Morgan fingerprint density at radius 2 is 1.86 bits per heavy atom. The molecule has 2 aromatic rings. The van der Waals surface area contributed by atoms with Gasteiger partial charge in [0.15, 0.2) is 5.15 Å². The van der Waals surface area contributed by atoms with Gasteiger partial charge in [-0.1, -0.05) is 29.3 Å². The summed E-state index contributed by atoms with van der Waals surface area (Å²) in [6.07, 6.45) is 0. The van der Waals surface area contributed by atoms with Crippen LogP contribution in [0.2, 0.25) is 10.3 Å². The molecule has 0 spiro atoms. The van der Waals surface area contributed by atoms with Gasteiger partial charge in [-0.25, -0.2) is 13.8 Å². The molecule has 0 aliphatic rings. The summed E-state index contributed by atoms with van der Waals surface area (Å²) in [5, 5.41) is 2.46. The maximum atomic E-state index is 13.9. The smallest absolute Gasteiger partial charge is 0.261 e. The molecule has 0 unspecified atom stereocenters. The lowest BCUT2D eigenvalue weighted by atomic mass is 10.1. The Kier molecular flexibility index (Phi) is 4.44. The lowest BCUT2D eigenvalue weighted by molar-refractivity contribution is 0.101. The van der Waals surface area contributed by atoms with Gasteiger partial charge in [0.1, 0.15) is 22.4 Å². The fraction of sp³-hybridized carbons (Fsp3) is 0.143. The highest BCUT2D eigenvalue weighted by Gasteiger charge is 2.21. The second-order valence-corrected chi connectivity index (χ2v) is 5.18. The van der Waals surface area contributed by atoms with Crippen LogP contribution in [0.15, 0.2) is 18.2 Å². The Hall–Kier alpha value is -1.72. The topological polar surface area (TPSA) is 42.0 Å². The quantitative estimate of drug-likeness (QED) is 0.821. The number of nitrogens with one attached hydrogen (secondary N) is 1. The maximum absolute atomic E-state index is 13.9. The van der Waals surface area contributed by atoms with E-state index in [1.165, 1.54) is 19.1 Å². The van der Waals surface area contributed by atoms with E-state index in [4.69, 9.17) is 23.2 Å². The van der Waals surface area contributed by atoms with E-state index >= 15 is 0 Å². The normalized spacial score (nSPS) is 10.6. The van der Waals surface area contributed by atoms with Crippen LogP contribution >= 0.6 is 23.2 Å². The first-order valence-corrected chi connectivity index (χ1v) is 6.65. The number of hydrogen-bond donors (Lipinski definition) is 1. The summed E-state index contributed by atoms with van der Waals surface area (Å²) in [6, 6.07) is 3.76. The van der Waals surface area contributed by atoms with Crippen molar-refractivity contribution in [1.29, 1.82) is 0 Å². The number of halogens is 4. The van der Waals surface area contributed by atoms with Gasteiger partial charge in [-0.05, 0) is 37.1 Å². The van der Waals surface area contributed by atoms with Crippen molar-refractivity contribution in [2.24, 2.45) is 0 Å². The Morgan fingerprint density at radius 1 is 1.19 bits per heavy atom. The van der Waals surface area contributed by atoms with Gasteiger partial charge < -0.3 is 5.32 Å². The van der Waals surface area contributed by atoms with Crippen molar-refractivity contribution in [2.45, 2.75) is 13.8 Å². The molecule has 1 amide bonds. The summed E-state index contributed by atoms with van der Waals surface area (Å²) in [5.41, 5.74) is 0.187. The number of nitrogens with zero attached hydrogens (tertiary/aromatic N) is 1. The molecular formula is C14H10Cl2F2N2O. The molecule has 0 bridgehead atoms. The van der Waals surface area contributed by atoms with Gasteiger partial charge in [-0.3, -0.25) is 4.79 Å². The number of aryl methyl sites for hydroxylation is 2. The first kappa shape index (κ1) is 15.7. The summed E-state index contributed by atoms with van der Waals surface area (Å²) in [6.45, 7) is 3.08. The van der Waals surface area contributed by atoms with Gasteiger partial charge in [0.25, 0.3) is 5.91 Å². The average Bonchev–Trinajstić information content (AvgIpc) is 2.38. The number of amides is 1. The van der Waals surface area contributed by atoms with E-state index in [2.05, 4.69) is 10.3 Å². The van der Waals surface area contributed by atoms with Crippen molar-refractivity contribution < 1.29 is 13.6 Å². The number of carbonyl (C=O) groups excluding carboxylic acids is 1. The van der Waals surface area contributed by atoms with Crippen LogP contribution in [0, 0.1) is 25.5 Å². The molecule has 3 nitrogen and oxygen atoms in total. The maximum Gasteiger partial charge on any atom is 0.261 e. The second kappa shape index (κ2) is 5.95. The molecule has 0 fully saturated rings. The summed E-state index contributed by atoms with van der Waals surface area (Å²) < 4.78 is 27.6. The fourth-order valence-electron chi connectivity index (χ4n) is 1.79. The van der Waals surface area contributed by atoms with Crippen LogP contribution in [0.1, 0.15) is 21.5 Å². The lowest BCUT2D eigenvalue weighted by Gasteiger charge is -2.12. The molecule has 1 N–H and O–H groups in total. The average molecular weight is 331 g/mol. The minimum Gasteiger partial charge on any atom is -0.319 e. The van der Waals surface area contributed by atoms with Crippen molar-refractivity contribution in [3.8, 4) is 0 Å². The summed E-state index contributed by atoms with van der Waals surface area (Å²) >= 11 is 11.6. The van der Waals surface area contributed by atoms with Crippen LogP contribution in [-0.2, 0) is 0 Å². The van der Waals surface area contributed by atoms with Gasteiger partial charge in [-0.15, -0.1) is 0 Å². The highest BCUT2D eigenvalue weighted by atomic mass is 35.5. The highest BCUT2D eigenvalue weighted by molar-refractivity contribution is 6.35. The van der Waals surface area contributed by atoms with Crippen molar-refractivity contribution in [2.75, 3.05) is 5.32 Å². The van der Waals surface area contributed by atoms with E-state index in [9.17, 15) is 13.6 Å². The molecule has 1 aromatic carbocycles. The number of hydrogen-bond acceptors (Lipinski definition) is 2. The van der Waals surface area contributed by atoms with Crippen LogP contribution in [0.25, 0.3) is 0 Å². The Balaban J connectivity index is 2.42. The number of pyridine rings is 1. The minimum atomic E-state index is -0.953. The zero-order valence-electron chi connectivity index (χ0n) is 11.1. The van der Waals surface area contributed by atoms with E-state index in [1.54, 1.807) is 6.92 Å². The molecule has 0 saturated carbocycles. The Morgan fingerprint density at radius 3 is 2.48 bits per heavy atom. The number of aromatic nitrogens is 1. The molecule has 1 heterocycles. The van der Waals surface area contributed by atoms with Crippen molar-refractivity contribution >= 4 is 34.8 Å². The van der Waals surface area contributed by atoms with Gasteiger partial charge in [-0.2, -0.15) is 0 Å². The Labute approximate surface area is 129 Å². The standard InChI is InChI=1S/C14H10Cl2F2N2O/c1-6-3-4-8(17)10(11(6)18)14(21)20-12-7(2)5-9(15)19-13(12)16/h3-5H,1-2H3,(H,20,21). The zero-order chi connectivity index (χ0) is 15.7. The van der Waals surface area contributed by atoms with Crippen LogP contribution < -0.4 is 5.32 Å². The number of anilines is 1. The molecule has 7 heteroatoms. The predicted molar refractivity (Wildman–Crippen MR) is 78.0 cm³/mol. The molecule has 0 radical (unpaired) electrons. The van der Waals surface area contributed by atoms with Crippen molar-refractivity contribution in [3.63, 3.8) is 0 Å². The molecule has 0 saturated heterocycles. The lowest BCUT2D eigenvalue weighted by Crippen LogP contribution is -2.17. The third-order valence-corrected chi connectivity index (χ3v) is 3.36. The van der Waals surface area contributed by atoms with Gasteiger partial charge in [0.2, 0.25) is 0 Å². The summed E-state index contributed by atoms with van der Waals surface area (Å²) in [7, 11) is 0. The molecule has 0 aliphatic heterocycles. The molecule has 110 valence electrons. The van der Waals surface area contributed by atoms with E-state index < -0.39 is 23.1 Å². The highest BCUT2D eigenvalue weighted by Crippen LogP contribution is 2.27. The molecule has 0 aliphatic carbocycles. The van der Waals surface area contributed by atoms with Crippen molar-refractivity contribution in [1.82, 2.24) is 4.98 Å². The second-order valence-electron chi connectivity index (χ2n) is 4.44. The fourth-order valence-corrected chi connectivity index (χ4v) is 2.37. The van der Waals surface area contributed by atoms with E-state index in [0.717, 1.165) is 6.07 Å². The van der Waals surface area contributed by atoms with E-state index in [-0.39, 0.29) is 21.6 Å². The Bertz CT molecular complexity index is 712. The van der Waals surface area contributed by atoms with Crippen LogP contribution in [-0.4, -0.2) is 10.9 Å². The van der Waals surface area contributed by atoms with Crippen molar-refractivity contribution in [3.05, 3.63) is 56.8 Å². The van der Waals surface area contributed by atoms with Gasteiger partial charge in [0.05, 0.1) is 5.69 Å². The number of carbonyl (C=O) groups is 1. The van der Waals surface area contributed by atoms with Crippen LogP contribution in [0.3, 0.4) is 0 Å². The van der Waals surface area contributed by atoms with Crippen LogP contribution in [0.5, 0.6) is 0 Å². The largest absolute Gasteiger partial charge is 0.319 e. The third-order valence-electron chi connectivity index (χ3n) is 2.89. The monoisotopic (exact) mass is 330 g/mol. The molecule has 1 aromatic heterocycles. The molecule has 21 heavy (non-hydrogen) atoms. The molecule has 0 atom stereocenters. The third kappa shape index (κ3) is 3.14. The molecular weight excluding hydrogens is 321 g/mol.